The van der Waals surface area contributed by atoms with Crippen LogP contribution in [-0.4, -0.2) is 29.7 Å². The average Bonchev–Trinajstić information content (AvgIpc) is 3.11. The molecule has 1 atom stereocenters. The minimum atomic E-state index is -0.985. The molecular weight excluding hydrogens is 384 g/mol. The zero-order valence-electron chi connectivity index (χ0n) is 14.4. The molecule has 5 rings (SSSR count). The van der Waals surface area contributed by atoms with Crippen molar-refractivity contribution in [2.45, 2.75) is 6.10 Å². The van der Waals surface area contributed by atoms with E-state index in [1.165, 1.54) is 6.07 Å². The zero-order valence-corrected chi connectivity index (χ0v) is 16.0. The fourth-order valence-corrected chi connectivity index (χ4v) is 6.05. The average molecular weight is 402 g/mol. The van der Waals surface area contributed by atoms with Crippen molar-refractivity contribution in [2.24, 2.45) is 0 Å². The molecule has 1 aromatic heterocycles. The molecule has 0 amide bonds. The van der Waals surface area contributed by atoms with E-state index in [-0.39, 0.29) is 5.56 Å². The second-order valence-electron chi connectivity index (χ2n) is 6.74. The molecule has 0 spiro atoms. The number of thioether (sulfide) groups is 1. The van der Waals surface area contributed by atoms with Crippen LogP contribution < -0.4 is 4.90 Å². The van der Waals surface area contributed by atoms with Gasteiger partial charge < -0.3 is 10.0 Å². The van der Waals surface area contributed by atoms with Crippen LogP contribution in [-0.2, 0) is 0 Å². The molecule has 1 fully saturated rings. The molecule has 0 radical (unpaired) electrons. The summed E-state index contributed by atoms with van der Waals surface area (Å²) in [6.45, 7) is 1.90. The number of nitrogens with zero attached hydrogens (tertiary/aromatic N) is 1. The van der Waals surface area contributed by atoms with Gasteiger partial charge in [0.05, 0.1) is 5.00 Å². The minimum Gasteiger partial charge on any atom is -0.384 e. The van der Waals surface area contributed by atoms with Gasteiger partial charge in [-0.05, 0) is 28.8 Å². The number of anilines is 1. The Morgan fingerprint density at radius 1 is 0.963 bits per heavy atom. The Morgan fingerprint density at radius 3 is 2.56 bits per heavy atom. The number of benzene rings is 2. The van der Waals surface area contributed by atoms with Gasteiger partial charge in [-0.1, -0.05) is 30.3 Å². The van der Waals surface area contributed by atoms with Crippen molar-refractivity contribution in [3.05, 3.63) is 65.2 Å². The SMILES string of the molecule is OC1c2ccccc2-c2sc(N3CCSCC3)cc2-c2c1ccc(F)c2F. The zero-order chi connectivity index (χ0) is 18.5. The number of fused-ring (bicyclic) bond motifs is 5. The van der Waals surface area contributed by atoms with Crippen molar-refractivity contribution in [2.75, 3.05) is 29.5 Å². The lowest BCUT2D eigenvalue weighted by Gasteiger charge is -2.26. The summed E-state index contributed by atoms with van der Waals surface area (Å²) in [5.41, 5.74) is 2.88. The van der Waals surface area contributed by atoms with Gasteiger partial charge in [0, 0.05) is 40.6 Å². The van der Waals surface area contributed by atoms with Crippen molar-refractivity contribution in [3.8, 4) is 21.6 Å². The van der Waals surface area contributed by atoms with Crippen LogP contribution in [0, 0.1) is 11.6 Å². The van der Waals surface area contributed by atoms with Gasteiger partial charge in [0.2, 0.25) is 0 Å². The first kappa shape index (κ1) is 17.2. The summed E-state index contributed by atoms with van der Waals surface area (Å²) < 4.78 is 29.0. The number of hydrogen-bond acceptors (Lipinski definition) is 4. The van der Waals surface area contributed by atoms with Gasteiger partial charge in [0.1, 0.15) is 6.10 Å². The number of hydrogen-bond donors (Lipinski definition) is 1. The predicted octanol–water partition coefficient (Wildman–Crippen LogP) is 5.31. The first-order chi connectivity index (χ1) is 13.1. The van der Waals surface area contributed by atoms with E-state index in [4.69, 9.17) is 0 Å². The van der Waals surface area contributed by atoms with E-state index < -0.39 is 17.7 Å². The Labute approximate surface area is 164 Å². The first-order valence-electron chi connectivity index (χ1n) is 8.87. The maximum Gasteiger partial charge on any atom is 0.167 e. The van der Waals surface area contributed by atoms with Crippen LogP contribution in [0.3, 0.4) is 0 Å². The molecule has 1 aliphatic heterocycles. The lowest BCUT2D eigenvalue weighted by Crippen LogP contribution is -2.31. The maximum atomic E-state index is 14.9. The van der Waals surface area contributed by atoms with Crippen LogP contribution in [0.1, 0.15) is 17.2 Å². The summed E-state index contributed by atoms with van der Waals surface area (Å²) in [5, 5.41) is 12.0. The van der Waals surface area contributed by atoms with Crippen LogP contribution in [0.25, 0.3) is 21.6 Å². The molecule has 2 heterocycles. The quantitative estimate of drug-likeness (QED) is 0.598. The highest BCUT2D eigenvalue weighted by atomic mass is 32.2. The van der Waals surface area contributed by atoms with Crippen molar-refractivity contribution in [1.82, 2.24) is 0 Å². The van der Waals surface area contributed by atoms with Crippen LogP contribution in [0.15, 0.2) is 42.5 Å². The highest BCUT2D eigenvalue weighted by Crippen LogP contribution is 2.51. The van der Waals surface area contributed by atoms with Gasteiger partial charge in [-0.25, -0.2) is 8.78 Å². The van der Waals surface area contributed by atoms with E-state index in [0.717, 1.165) is 51.7 Å². The summed E-state index contributed by atoms with van der Waals surface area (Å²) in [4.78, 5) is 3.20. The van der Waals surface area contributed by atoms with Gasteiger partial charge >= 0.3 is 0 Å². The summed E-state index contributed by atoms with van der Waals surface area (Å²) >= 11 is 3.53. The lowest BCUT2D eigenvalue weighted by molar-refractivity contribution is 0.221. The predicted molar refractivity (Wildman–Crippen MR) is 109 cm³/mol. The third-order valence-electron chi connectivity index (χ3n) is 5.23. The largest absolute Gasteiger partial charge is 0.384 e. The maximum absolute atomic E-state index is 14.9. The van der Waals surface area contributed by atoms with Gasteiger partial charge in [-0.15, -0.1) is 11.3 Å². The molecule has 2 aromatic carbocycles. The molecule has 27 heavy (non-hydrogen) atoms. The van der Waals surface area contributed by atoms with Crippen molar-refractivity contribution in [1.29, 1.82) is 0 Å². The molecule has 6 heteroatoms. The second kappa shape index (κ2) is 6.62. The van der Waals surface area contributed by atoms with Gasteiger partial charge in [-0.3, -0.25) is 0 Å². The van der Waals surface area contributed by atoms with Crippen LogP contribution in [0.2, 0.25) is 0 Å². The van der Waals surface area contributed by atoms with E-state index in [1.54, 1.807) is 11.3 Å². The molecule has 1 saturated heterocycles. The minimum absolute atomic E-state index is 0.183. The second-order valence-corrected chi connectivity index (χ2v) is 9.00. The molecular formula is C21H17F2NOS2. The molecule has 1 unspecified atom stereocenters. The van der Waals surface area contributed by atoms with Crippen LogP contribution in [0.4, 0.5) is 13.8 Å². The van der Waals surface area contributed by atoms with E-state index in [2.05, 4.69) is 4.90 Å². The molecule has 1 aliphatic carbocycles. The van der Waals surface area contributed by atoms with Crippen molar-refractivity contribution < 1.29 is 13.9 Å². The summed E-state index contributed by atoms with van der Waals surface area (Å²) in [6.07, 6.45) is -0.985. The number of thiophene rings is 1. The first-order valence-corrected chi connectivity index (χ1v) is 10.8. The van der Waals surface area contributed by atoms with Crippen LogP contribution >= 0.6 is 23.1 Å². The summed E-state index contributed by atoms with van der Waals surface area (Å²) in [5.74, 6) is 0.355. The fourth-order valence-electron chi connectivity index (χ4n) is 3.88. The standard InChI is InChI=1S/C21H17F2NOS2/c22-16-6-5-14-18(19(16)23)15-11-17(24-7-9-26-10-8-24)27-21(15)13-4-2-1-3-12(13)20(14)25/h1-6,11,20,25H,7-10H2. The normalized spacial score (nSPS) is 18.5. The van der Waals surface area contributed by atoms with E-state index in [0.29, 0.717) is 11.1 Å². The van der Waals surface area contributed by atoms with E-state index in [9.17, 15) is 13.9 Å². The Bertz CT molecular complexity index is 1030. The lowest BCUT2D eigenvalue weighted by atomic mass is 9.95. The molecule has 138 valence electrons. The number of aliphatic hydroxyl groups is 1. The van der Waals surface area contributed by atoms with E-state index in [1.807, 2.05) is 42.1 Å². The molecule has 2 aliphatic rings. The molecule has 0 bridgehead atoms. The molecule has 1 N–H and O–H groups in total. The monoisotopic (exact) mass is 401 g/mol. The van der Waals surface area contributed by atoms with E-state index >= 15 is 0 Å². The van der Waals surface area contributed by atoms with Crippen molar-refractivity contribution >= 4 is 28.1 Å². The Hall–Kier alpha value is -1.89. The highest BCUT2D eigenvalue weighted by Gasteiger charge is 2.31. The van der Waals surface area contributed by atoms with Gasteiger partial charge in [-0.2, -0.15) is 11.8 Å². The summed E-state index contributed by atoms with van der Waals surface area (Å²) in [7, 11) is 0. The fraction of sp³-hybridized carbons (Fsp3) is 0.238. The third-order valence-corrected chi connectivity index (χ3v) is 7.40. The molecule has 2 nitrogen and oxygen atoms in total. The number of rotatable bonds is 1. The Balaban J connectivity index is 1.80. The number of aliphatic hydroxyl groups excluding tert-OH is 1. The van der Waals surface area contributed by atoms with Crippen LogP contribution in [0.5, 0.6) is 0 Å². The molecule has 3 aromatic rings. The summed E-state index contributed by atoms with van der Waals surface area (Å²) in [6, 6.07) is 12.1. The number of halogens is 2. The van der Waals surface area contributed by atoms with Gasteiger partial charge in [0.15, 0.2) is 11.6 Å². The topological polar surface area (TPSA) is 23.5 Å². The van der Waals surface area contributed by atoms with Crippen molar-refractivity contribution in [3.63, 3.8) is 0 Å². The Kier molecular flexibility index (Phi) is 4.22. The molecule has 0 saturated carbocycles. The van der Waals surface area contributed by atoms with Gasteiger partial charge in [0.25, 0.3) is 0 Å². The Morgan fingerprint density at radius 2 is 1.74 bits per heavy atom. The highest BCUT2D eigenvalue weighted by molar-refractivity contribution is 7.99. The third kappa shape index (κ3) is 2.70. The smallest absolute Gasteiger partial charge is 0.167 e.